The van der Waals surface area contributed by atoms with Crippen molar-refractivity contribution in [3.63, 3.8) is 0 Å². The van der Waals surface area contributed by atoms with E-state index < -0.39 is 18.4 Å². The van der Waals surface area contributed by atoms with Gasteiger partial charge in [-0.05, 0) is 18.2 Å². The molecule has 0 radical (unpaired) electrons. The largest absolute Gasteiger partial charge is 0.443 e. The maximum absolute atomic E-state index is 10.9. The van der Waals surface area contributed by atoms with Gasteiger partial charge in [-0.3, -0.25) is 4.55 Å². The number of furan rings is 1. The first-order valence-corrected chi connectivity index (χ1v) is 9.23. The predicted molar refractivity (Wildman–Crippen MR) is 71.7 cm³/mol. The van der Waals surface area contributed by atoms with E-state index in [1.807, 2.05) is 0 Å². The molecule has 0 atom stereocenters. The van der Waals surface area contributed by atoms with Crippen LogP contribution in [0.25, 0.3) is 11.0 Å². The van der Waals surface area contributed by atoms with Gasteiger partial charge in [-0.25, -0.2) is 8.42 Å². The molecule has 0 saturated carbocycles. The summed E-state index contributed by atoms with van der Waals surface area (Å²) in [4.78, 5) is 0. The zero-order valence-electron chi connectivity index (χ0n) is 8.75. The first-order chi connectivity index (χ1) is 8.47. The van der Waals surface area contributed by atoms with Crippen molar-refractivity contribution in [3.8, 4) is 0 Å². The molecule has 1 heterocycles. The van der Waals surface area contributed by atoms with Gasteiger partial charge in [-0.2, -0.15) is 8.42 Å². The van der Waals surface area contributed by atoms with E-state index in [0.29, 0.717) is 16.0 Å². The van der Waals surface area contributed by atoms with Crippen LogP contribution in [0, 0.1) is 0 Å². The van der Waals surface area contributed by atoms with Gasteiger partial charge in [0.1, 0.15) is 5.58 Å². The van der Waals surface area contributed by atoms with Gasteiger partial charge in [0.25, 0.3) is 9.05 Å². The smallest absolute Gasteiger partial charge is 0.353 e. The van der Waals surface area contributed by atoms with Crippen molar-refractivity contribution in [1.82, 2.24) is 0 Å². The summed E-state index contributed by atoms with van der Waals surface area (Å²) in [6.07, 6.45) is 0. The lowest BCUT2D eigenvalue weighted by atomic mass is 10.3. The second-order valence-electron chi connectivity index (χ2n) is 3.10. The van der Waals surface area contributed by atoms with E-state index in [1.54, 1.807) is 18.2 Å². The fourth-order valence-corrected chi connectivity index (χ4v) is 1.98. The Bertz CT molecular complexity index is 785. The van der Waals surface area contributed by atoms with Gasteiger partial charge in [0.05, 0.1) is 0 Å². The number of benzene rings is 1. The Kier molecular flexibility index (Phi) is 5.10. The molecule has 1 N–H and O–H groups in total. The molecule has 0 unspecified atom stereocenters. The van der Waals surface area contributed by atoms with Crippen LogP contribution in [0.3, 0.4) is 0 Å². The molecule has 0 aliphatic heterocycles. The van der Waals surface area contributed by atoms with E-state index in [2.05, 4.69) is 10.7 Å². The Morgan fingerprint density at radius 2 is 1.58 bits per heavy atom. The van der Waals surface area contributed by atoms with Crippen molar-refractivity contribution in [2.24, 2.45) is 0 Å². The van der Waals surface area contributed by atoms with Crippen LogP contribution in [0.5, 0.6) is 0 Å². The Morgan fingerprint density at radius 3 is 2.05 bits per heavy atom. The quantitative estimate of drug-likeness (QED) is 0.614. The zero-order valence-corrected chi connectivity index (χ0v) is 12.6. The molecule has 11 heteroatoms. The number of hydrogen-bond donors (Lipinski definition) is 1. The summed E-state index contributed by atoms with van der Waals surface area (Å²) < 4.78 is 52.0. The van der Waals surface area contributed by atoms with Crippen LogP contribution in [0.2, 0.25) is 5.02 Å². The zero-order chi connectivity index (χ0) is 14.8. The van der Waals surface area contributed by atoms with E-state index >= 15 is 0 Å². The molecule has 0 aliphatic carbocycles. The van der Waals surface area contributed by atoms with Crippen LogP contribution in [0.15, 0.2) is 33.8 Å². The molecule has 106 valence electrons. The summed E-state index contributed by atoms with van der Waals surface area (Å²) in [5.74, 6) is 0. The Labute approximate surface area is 122 Å². The van der Waals surface area contributed by atoms with E-state index in [9.17, 15) is 8.42 Å². The average molecular weight is 368 g/mol. The fourth-order valence-electron chi connectivity index (χ4n) is 1.11. The lowest BCUT2D eigenvalue weighted by Gasteiger charge is -1.87. The molecule has 0 fully saturated rings. The van der Waals surface area contributed by atoms with Gasteiger partial charge in [-0.1, -0.05) is 11.6 Å². The Balaban J connectivity index is 0.000000312. The summed E-state index contributed by atoms with van der Waals surface area (Å²) in [6, 6.07) is 6.14. The summed E-state index contributed by atoms with van der Waals surface area (Å²) >= 11 is 5.72. The number of fused-ring (bicyclic) bond motifs is 1. The van der Waals surface area contributed by atoms with Crippen LogP contribution in [-0.4, -0.2) is 21.4 Å². The minimum Gasteiger partial charge on any atom is -0.443 e. The molecule has 0 aliphatic rings. The predicted octanol–water partition coefficient (Wildman–Crippen LogP) is 3.04. The molecule has 6 nitrogen and oxygen atoms in total. The third kappa shape index (κ3) is 5.98. The summed E-state index contributed by atoms with van der Waals surface area (Å²) in [5.41, 5.74) is 0.439. The maximum Gasteiger partial charge on any atom is 0.353 e. The molecule has 0 saturated heterocycles. The highest BCUT2D eigenvalue weighted by Crippen LogP contribution is 2.27. The van der Waals surface area contributed by atoms with Crippen molar-refractivity contribution < 1.29 is 25.8 Å². The van der Waals surface area contributed by atoms with Gasteiger partial charge in [-0.15, -0.1) is 0 Å². The van der Waals surface area contributed by atoms with Crippen molar-refractivity contribution in [2.75, 3.05) is 0 Å². The van der Waals surface area contributed by atoms with Crippen LogP contribution >= 0.6 is 33.0 Å². The molecule has 0 spiro atoms. The van der Waals surface area contributed by atoms with E-state index in [1.165, 1.54) is 6.07 Å². The average Bonchev–Trinajstić information content (AvgIpc) is 2.56. The third-order valence-corrected chi connectivity index (χ3v) is 3.07. The van der Waals surface area contributed by atoms with Crippen molar-refractivity contribution in [2.45, 2.75) is 5.09 Å². The molecule has 0 bridgehead atoms. The molecule has 1 aromatic heterocycles. The maximum atomic E-state index is 10.9. The van der Waals surface area contributed by atoms with E-state index in [0.717, 1.165) is 0 Å². The van der Waals surface area contributed by atoms with Crippen LogP contribution < -0.4 is 0 Å². The van der Waals surface area contributed by atoms with Gasteiger partial charge < -0.3 is 4.42 Å². The minimum absolute atomic E-state index is 0.267. The normalized spacial score (nSPS) is 12.0. The van der Waals surface area contributed by atoms with Crippen molar-refractivity contribution >= 4 is 62.3 Å². The summed E-state index contributed by atoms with van der Waals surface area (Å²) in [7, 11) is 1.16. The van der Waals surface area contributed by atoms with Crippen molar-refractivity contribution in [1.29, 1.82) is 0 Å². The van der Waals surface area contributed by atoms with Crippen molar-refractivity contribution in [3.05, 3.63) is 29.3 Å². The molecule has 2 aromatic rings. The second kappa shape index (κ2) is 5.86. The molecule has 19 heavy (non-hydrogen) atoms. The van der Waals surface area contributed by atoms with E-state index in [-0.39, 0.29) is 5.09 Å². The fraction of sp³-hybridized carbons (Fsp3) is 0. The first-order valence-electron chi connectivity index (χ1n) is 4.27. The van der Waals surface area contributed by atoms with Crippen LogP contribution in [-0.2, 0) is 18.4 Å². The molecular formula is C8H5Cl3O6S2. The molecular weight excluding hydrogens is 363 g/mol. The number of rotatable bonds is 1. The highest BCUT2D eigenvalue weighted by molar-refractivity contribution is 8.13. The molecule has 2 rings (SSSR count). The molecule has 1 aromatic carbocycles. The lowest BCUT2D eigenvalue weighted by molar-refractivity contribution is 0.488. The summed E-state index contributed by atoms with van der Waals surface area (Å²) in [5, 5.41) is 0.852. The number of hydrogen-bond acceptors (Lipinski definition) is 5. The van der Waals surface area contributed by atoms with Crippen LogP contribution in [0.1, 0.15) is 0 Å². The minimum atomic E-state index is -4.19. The van der Waals surface area contributed by atoms with Gasteiger partial charge in [0.2, 0.25) is 5.09 Å². The highest BCUT2D eigenvalue weighted by atomic mass is 35.7. The van der Waals surface area contributed by atoms with Gasteiger partial charge in [0.15, 0.2) is 0 Å². The standard InChI is InChI=1S/C8H4Cl2O3S.ClHO3S/c9-6-1-2-7-5(3-6)4-8(13-7)14(10,11)12;1-5(2,3)4/h1-4H;(H,2,3,4). The Morgan fingerprint density at radius 1 is 1.05 bits per heavy atom. The monoisotopic (exact) mass is 366 g/mol. The molecule has 0 amide bonds. The lowest BCUT2D eigenvalue weighted by Crippen LogP contribution is -1.84. The van der Waals surface area contributed by atoms with Crippen LogP contribution in [0.4, 0.5) is 0 Å². The van der Waals surface area contributed by atoms with Gasteiger partial charge in [0, 0.05) is 37.8 Å². The SMILES string of the molecule is O=S(=O)(Cl)c1cc2cc(Cl)ccc2o1.O=S(=O)(O)Cl. The summed E-state index contributed by atoms with van der Waals surface area (Å²) in [6.45, 7) is 0. The van der Waals surface area contributed by atoms with E-state index in [4.69, 9.17) is 39.7 Å². The third-order valence-electron chi connectivity index (χ3n) is 1.70. The highest BCUT2D eigenvalue weighted by Gasteiger charge is 2.16. The Hall–Kier alpha value is -0.510. The second-order valence-corrected chi connectivity index (χ2v) is 8.03. The van der Waals surface area contributed by atoms with Gasteiger partial charge >= 0.3 is 9.33 Å². The topological polar surface area (TPSA) is 102 Å². The number of halogens is 3. The first kappa shape index (κ1) is 16.5.